The second-order valence-corrected chi connectivity index (χ2v) is 7.95. The highest BCUT2D eigenvalue weighted by Gasteiger charge is 2.28. The minimum absolute atomic E-state index is 0.0124. The van der Waals surface area contributed by atoms with Crippen LogP contribution in [-0.4, -0.2) is 16.9 Å². The van der Waals surface area contributed by atoms with Gasteiger partial charge in [-0.3, -0.25) is 9.78 Å². The van der Waals surface area contributed by atoms with E-state index in [9.17, 15) is 13.6 Å². The van der Waals surface area contributed by atoms with Gasteiger partial charge in [0.15, 0.2) is 0 Å². The van der Waals surface area contributed by atoms with Crippen molar-refractivity contribution < 1.29 is 13.6 Å². The third kappa shape index (κ3) is 4.29. The number of aromatic nitrogens is 1. The van der Waals surface area contributed by atoms with Crippen LogP contribution in [0.5, 0.6) is 0 Å². The molecule has 0 bridgehead atoms. The highest BCUT2D eigenvalue weighted by Crippen LogP contribution is 2.39. The Balaban J connectivity index is 1.41. The number of benzene rings is 2. The molecule has 29 heavy (non-hydrogen) atoms. The molecule has 2 aromatic carbocycles. The highest BCUT2D eigenvalue weighted by molar-refractivity contribution is 5.94. The number of carbonyl (C=O) groups is 1. The van der Waals surface area contributed by atoms with E-state index in [1.54, 1.807) is 30.5 Å². The average Bonchev–Trinajstić information content (AvgIpc) is 2.73. The summed E-state index contributed by atoms with van der Waals surface area (Å²) in [5, 5.41) is 3.91. The number of hydrogen-bond donors (Lipinski definition) is 1. The van der Waals surface area contributed by atoms with Crippen molar-refractivity contribution in [1.82, 2.24) is 10.3 Å². The number of carbonyl (C=O) groups excluding carboxylic acids is 1. The normalized spacial score (nSPS) is 20.4. The number of pyridine rings is 1. The van der Waals surface area contributed by atoms with E-state index in [2.05, 4.69) is 10.3 Å². The van der Waals surface area contributed by atoms with Gasteiger partial charge in [0.1, 0.15) is 11.6 Å². The topological polar surface area (TPSA) is 42.0 Å². The molecule has 1 amide bonds. The van der Waals surface area contributed by atoms with E-state index in [0.717, 1.165) is 42.1 Å². The predicted octanol–water partition coefficient (Wildman–Crippen LogP) is 5.61. The molecule has 0 aliphatic heterocycles. The number of nitrogens with one attached hydrogen (secondary N) is 1. The van der Waals surface area contributed by atoms with Crippen molar-refractivity contribution in [1.29, 1.82) is 0 Å². The third-order valence-corrected chi connectivity index (χ3v) is 6.10. The first-order chi connectivity index (χ1) is 14.0. The zero-order chi connectivity index (χ0) is 20.4. The van der Waals surface area contributed by atoms with Crippen LogP contribution < -0.4 is 5.32 Å². The maximum absolute atomic E-state index is 13.7. The fourth-order valence-corrected chi connectivity index (χ4v) is 4.46. The fraction of sp³-hybridized carbons (Fsp3) is 0.333. The van der Waals surface area contributed by atoms with Crippen LogP contribution in [0.15, 0.2) is 54.7 Å². The zero-order valence-electron chi connectivity index (χ0n) is 16.4. The second-order valence-electron chi connectivity index (χ2n) is 7.95. The van der Waals surface area contributed by atoms with Crippen LogP contribution in [0, 0.1) is 17.6 Å². The summed E-state index contributed by atoms with van der Waals surface area (Å²) in [7, 11) is 0. The van der Waals surface area contributed by atoms with Crippen molar-refractivity contribution in [2.45, 2.75) is 44.6 Å². The van der Waals surface area contributed by atoms with Crippen molar-refractivity contribution in [3.05, 3.63) is 77.5 Å². The molecule has 1 N–H and O–H groups in total. The molecule has 5 heteroatoms. The molecule has 1 aromatic heterocycles. The van der Waals surface area contributed by atoms with E-state index in [1.807, 2.05) is 13.0 Å². The van der Waals surface area contributed by atoms with Gasteiger partial charge in [0.2, 0.25) is 0 Å². The Morgan fingerprint density at radius 3 is 2.55 bits per heavy atom. The minimum Gasteiger partial charge on any atom is -0.349 e. The summed E-state index contributed by atoms with van der Waals surface area (Å²) in [6, 6.07) is 12.5. The van der Waals surface area contributed by atoms with Crippen LogP contribution in [0.25, 0.3) is 10.9 Å². The minimum atomic E-state index is -0.410. The number of nitrogens with zero attached hydrogens (tertiary/aromatic N) is 1. The molecule has 3 nitrogen and oxygen atoms in total. The Labute approximate surface area is 169 Å². The lowest BCUT2D eigenvalue weighted by molar-refractivity contribution is 0.0917. The summed E-state index contributed by atoms with van der Waals surface area (Å²) < 4.78 is 27.1. The molecular weight excluding hydrogens is 370 g/mol. The van der Waals surface area contributed by atoms with Crippen LogP contribution >= 0.6 is 0 Å². The molecule has 1 heterocycles. The summed E-state index contributed by atoms with van der Waals surface area (Å²) in [6.07, 6.45) is 5.73. The van der Waals surface area contributed by atoms with Crippen molar-refractivity contribution in [2.75, 3.05) is 0 Å². The van der Waals surface area contributed by atoms with Gasteiger partial charge < -0.3 is 5.32 Å². The second kappa shape index (κ2) is 8.27. The van der Waals surface area contributed by atoms with E-state index in [-0.39, 0.29) is 17.8 Å². The summed E-state index contributed by atoms with van der Waals surface area (Å²) in [6.45, 7) is 2.01. The summed E-state index contributed by atoms with van der Waals surface area (Å²) in [4.78, 5) is 16.7. The van der Waals surface area contributed by atoms with Crippen molar-refractivity contribution in [3.63, 3.8) is 0 Å². The SMILES string of the molecule is C[C@@H](NC(=O)c1cccc(F)c1)[C@H]1CC[C@H](c2ccnc3ccc(F)cc32)CC1. The first kappa shape index (κ1) is 19.5. The molecule has 1 aliphatic carbocycles. The van der Waals surface area contributed by atoms with E-state index in [0.29, 0.717) is 17.4 Å². The highest BCUT2D eigenvalue weighted by atomic mass is 19.1. The summed E-state index contributed by atoms with van der Waals surface area (Å²) >= 11 is 0. The van der Waals surface area contributed by atoms with Crippen LogP contribution in [0.1, 0.15) is 54.4 Å². The molecule has 3 aromatic rings. The Morgan fingerprint density at radius 2 is 1.79 bits per heavy atom. The summed E-state index contributed by atoms with van der Waals surface area (Å²) in [5.41, 5.74) is 2.32. The average molecular weight is 394 g/mol. The van der Waals surface area contributed by atoms with E-state index < -0.39 is 5.82 Å². The van der Waals surface area contributed by atoms with Crippen molar-refractivity contribution in [3.8, 4) is 0 Å². The standard InChI is InChI=1S/C24H24F2N2O/c1-15(28-24(29)18-3-2-4-19(25)13-18)16-5-7-17(8-6-16)21-11-12-27-23-10-9-20(26)14-22(21)23/h2-4,9-17H,5-8H2,1H3,(H,28,29)/t15-,16-,17-/m1/s1. The molecule has 1 atom stereocenters. The smallest absolute Gasteiger partial charge is 0.251 e. The van der Waals surface area contributed by atoms with Gasteiger partial charge in [0, 0.05) is 23.2 Å². The molecule has 0 unspecified atom stereocenters. The first-order valence-electron chi connectivity index (χ1n) is 10.1. The van der Waals surface area contributed by atoms with Crippen molar-refractivity contribution >= 4 is 16.8 Å². The molecular formula is C24H24F2N2O. The number of hydrogen-bond acceptors (Lipinski definition) is 2. The fourth-order valence-electron chi connectivity index (χ4n) is 4.46. The van der Waals surface area contributed by atoms with Gasteiger partial charge in [0.05, 0.1) is 5.52 Å². The lowest BCUT2D eigenvalue weighted by Crippen LogP contribution is -2.39. The summed E-state index contributed by atoms with van der Waals surface area (Å²) in [5.74, 6) is -0.158. The molecule has 0 saturated heterocycles. The molecule has 1 saturated carbocycles. The number of fused-ring (bicyclic) bond motifs is 1. The molecule has 1 fully saturated rings. The maximum Gasteiger partial charge on any atom is 0.251 e. The molecule has 0 radical (unpaired) electrons. The van der Waals surface area contributed by atoms with Crippen LogP contribution in [0.4, 0.5) is 8.78 Å². The van der Waals surface area contributed by atoms with Crippen LogP contribution in [0.3, 0.4) is 0 Å². The Morgan fingerprint density at radius 1 is 1.03 bits per heavy atom. The lowest BCUT2D eigenvalue weighted by Gasteiger charge is -2.33. The van der Waals surface area contributed by atoms with Gasteiger partial charge in [-0.15, -0.1) is 0 Å². The monoisotopic (exact) mass is 394 g/mol. The molecule has 0 spiro atoms. The van der Waals surface area contributed by atoms with Gasteiger partial charge in [0.25, 0.3) is 5.91 Å². The van der Waals surface area contributed by atoms with Gasteiger partial charge in [-0.25, -0.2) is 8.78 Å². The lowest BCUT2D eigenvalue weighted by atomic mass is 9.75. The van der Waals surface area contributed by atoms with Crippen molar-refractivity contribution in [2.24, 2.45) is 5.92 Å². The Bertz CT molecular complexity index is 1030. The Hall–Kier alpha value is -2.82. The van der Waals surface area contributed by atoms with Gasteiger partial charge in [-0.1, -0.05) is 6.07 Å². The third-order valence-electron chi connectivity index (χ3n) is 6.10. The zero-order valence-corrected chi connectivity index (χ0v) is 16.4. The van der Waals surface area contributed by atoms with Crippen LogP contribution in [0.2, 0.25) is 0 Å². The number of rotatable bonds is 4. The largest absolute Gasteiger partial charge is 0.349 e. The first-order valence-corrected chi connectivity index (χ1v) is 10.1. The van der Waals surface area contributed by atoms with E-state index in [1.165, 1.54) is 18.2 Å². The van der Waals surface area contributed by atoms with E-state index in [4.69, 9.17) is 0 Å². The quantitative estimate of drug-likeness (QED) is 0.625. The maximum atomic E-state index is 13.7. The Kier molecular flexibility index (Phi) is 5.56. The van der Waals surface area contributed by atoms with Gasteiger partial charge in [-0.2, -0.15) is 0 Å². The molecule has 150 valence electrons. The predicted molar refractivity (Wildman–Crippen MR) is 110 cm³/mol. The van der Waals surface area contributed by atoms with Gasteiger partial charge >= 0.3 is 0 Å². The van der Waals surface area contributed by atoms with Gasteiger partial charge in [-0.05, 0) is 92.5 Å². The van der Waals surface area contributed by atoms with Crippen LogP contribution in [-0.2, 0) is 0 Å². The molecule has 4 rings (SSSR count). The molecule has 1 aliphatic rings. The number of amides is 1. The van der Waals surface area contributed by atoms with E-state index >= 15 is 0 Å². The number of halogens is 2.